The average Bonchev–Trinajstić information content (AvgIpc) is 2.93. The Morgan fingerprint density at radius 3 is 0.606 bits per heavy atom. The van der Waals surface area contributed by atoms with E-state index < -0.39 is 0 Å². The van der Waals surface area contributed by atoms with Crippen LogP contribution in [0.5, 0.6) is 0 Å². The van der Waals surface area contributed by atoms with Crippen LogP contribution in [-0.2, 0) is 0 Å². The molecule has 0 amide bonds. The highest BCUT2D eigenvalue weighted by molar-refractivity contribution is 4.77. The lowest BCUT2D eigenvalue weighted by Crippen LogP contribution is -2.20. The molecule has 0 aromatic carbocycles. The minimum absolute atomic E-state index is 0.250. The van der Waals surface area contributed by atoms with Gasteiger partial charge in [0.25, 0.3) is 0 Å². The van der Waals surface area contributed by atoms with E-state index in [9.17, 15) is 0 Å². The third-order valence-electron chi connectivity index (χ3n) is 9.43. The fourth-order valence-electron chi connectivity index (χ4n) is 7.48. The molecule has 0 unspecified atom stereocenters. The van der Waals surface area contributed by atoms with Crippen molar-refractivity contribution in [2.75, 3.05) is 6.61 Å². The molecule has 5 saturated carbocycles. The van der Waals surface area contributed by atoms with Crippen LogP contribution >= 0.6 is 0 Å². The lowest BCUT2D eigenvalue weighted by atomic mass is 9.73. The van der Waals surface area contributed by atoms with Crippen LogP contribution in [0.4, 0.5) is 0 Å². The second kappa shape index (κ2) is 20.2. The van der Waals surface area contributed by atoms with Gasteiger partial charge in [-0.25, -0.2) is 0 Å². The van der Waals surface area contributed by atoms with E-state index >= 15 is 0 Å². The van der Waals surface area contributed by atoms with Crippen LogP contribution in [0.1, 0.15) is 174 Å². The maximum Gasteiger partial charge on any atom is 0.0402 e. The Balaban J connectivity index is 0.000000173. The van der Waals surface area contributed by atoms with E-state index in [1.165, 1.54) is 116 Å². The van der Waals surface area contributed by atoms with Gasteiger partial charge in [0.2, 0.25) is 0 Å². The first kappa shape index (κ1) is 29.2. The first-order valence-corrected chi connectivity index (χ1v) is 16.0. The monoisotopic (exact) mass is 462 g/mol. The highest BCUT2D eigenvalue weighted by Crippen LogP contribution is 2.39. The Kier molecular flexibility index (Phi) is 17.9. The predicted octanol–water partition coefficient (Wildman–Crippen LogP) is 10.6. The van der Waals surface area contributed by atoms with Crippen LogP contribution in [0.25, 0.3) is 0 Å². The summed E-state index contributed by atoms with van der Waals surface area (Å²) >= 11 is 0. The Morgan fingerprint density at radius 1 is 0.333 bits per heavy atom. The van der Waals surface area contributed by atoms with Crippen LogP contribution in [-0.4, -0.2) is 11.7 Å². The number of hydrogen-bond donors (Lipinski definition) is 1. The van der Waals surface area contributed by atoms with Crippen LogP contribution in [0.15, 0.2) is 0 Å². The molecule has 33 heavy (non-hydrogen) atoms. The summed E-state index contributed by atoms with van der Waals surface area (Å²) in [4.78, 5) is 0. The summed E-state index contributed by atoms with van der Waals surface area (Å²) in [6.07, 6.45) is 39.8. The van der Waals surface area contributed by atoms with Crippen molar-refractivity contribution < 1.29 is 5.11 Å². The highest BCUT2D eigenvalue weighted by atomic mass is 16.2. The molecule has 5 fully saturated rings. The average molecular weight is 463 g/mol. The lowest BCUT2D eigenvalue weighted by Gasteiger charge is -2.32. The molecular formula is C32H62O. The van der Waals surface area contributed by atoms with Gasteiger partial charge in [-0.3, -0.25) is 0 Å². The van der Waals surface area contributed by atoms with Gasteiger partial charge < -0.3 is 5.11 Å². The smallest absolute Gasteiger partial charge is 0.0402 e. The molecule has 5 rings (SSSR count). The zero-order valence-corrected chi connectivity index (χ0v) is 22.8. The van der Waals surface area contributed by atoms with Crippen molar-refractivity contribution in [3.63, 3.8) is 0 Å². The molecule has 0 aliphatic heterocycles. The molecular weight excluding hydrogens is 400 g/mol. The van der Waals surface area contributed by atoms with Gasteiger partial charge in [-0.05, 0) is 30.6 Å². The van der Waals surface area contributed by atoms with E-state index in [1.54, 1.807) is 58.3 Å². The molecule has 0 aromatic heterocycles. The summed E-state index contributed by atoms with van der Waals surface area (Å²) in [5, 5.41) is 7.57. The fourth-order valence-corrected chi connectivity index (χ4v) is 7.48. The lowest BCUT2D eigenvalue weighted by molar-refractivity contribution is 0.196. The van der Waals surface area contributed by atoms with Gasteiger partial charge in [0.15, 0.2) is 0 Å². The summed E-state index contributed by atoms with van der Waals surface area (Å²) in [5.74, 6) is 4.55. The van der Waals surface area contributed by atoms with Crippen molar-refractivity contribution >= 4 is 0 Å². The summed E-state index contributed by atoms with van der Waals surface area (Å²) in [5.41, 5.74) is 0. The van der Waals surface area contributed by atoms with Crippen molar-refractivity contribution in [2.24, 2.45) is 23.7 Å². The molecule has 0 saturated heterocycles. The van der Waals surface area contributed by atoms with Gasteiger partial charge in [0, 0.05) is 6.61 Å². The molecule has 1 nitrogen and oxygen atoms in total. The molecule has 0 heterocycles. The number of aliphatic hydroxyl groups is 1. The molecule has 0 bridgehead atoms. The fraction of sp³-hybridized carbons (Fsp3) is 1.00. The Morgan fingerprint density at radius 2 is 0.455 bits per heavy atom. The highest BCUT2D eigenvalue weighted by Gasteiger charge is 2.25. The number of hydrogen-bond acceptors (Lipinski definition) is 1. The second-order valence-electron chi connectivity index (χ2n) is 12.0. The van der Waals surface area contributed by atoms with Crippen LogP contribution < -0.4 is 0 Å². The first-order chi connectivity index (χ1) is 16.3. The van der Waals surface area contributed by atoms with Crippen molar-refractivity contribution in [3.8, 4) is 0 Å². The van der Waals surface area contributed by atoms with E-state index in [1.807, 2.05) is 0 Å². The largest absolute Gasteiger partial charge is 0.397 e. The maximum absolute atomic E-state index is 7.57. The van der Waals surface area contributed by atoms with Gasteiger partial charge in [-0.2, -0.15) is 0 Å². The van der Waals surface area contributed by atoms with Gasteiger partial charge in [0.1, 0.15) is 0 Å². The molecule has 1 N–H and O–H groups in total. The molecule has 0 aromatic rings. The third-order valence-corrected chi connectivity index (χ3v) is 9.43. The van der Waals surface area contributed by atoms with E-state index in [-0.39, 0.29) is 6.61 Å². The quantitative estimate of drug-likeness (QED) is 0.432. The molecule has 5 aliphatic rings. The van der Waals surface area contributed by atoms with Gasteiger partial charge in [-0.1, -0.05) is 167 Å². The first-order valence-electron chi connectivity index (χ1n) is 16.0. The molecule has 1 heteroatoms. The third kappa shape index (κ3) is 13.6. The number of aliphatic hydroxyl groups excluding tert-OH is 1. The Bertz CT molecular complexity index is 315. The van der Waals surface area contributed by atoms with Gasteiger partial charge in [-0.15, -0.1) is 0 Å². The van der Waals surface area contributed by atoms with Crippen molar-refractivity contribution in [1.82, 2.24) is 0 Å². The normalized spacial score (nSPS) is 26.0. The topological polar surface area (TPSA) is 20.2 Å². The SMILES string of the molecule is C1CCC(C2CCCCC2)CC1.C1CCC(C2CCCCC2)CC1.C1CCCCC1.CCO. The van der Waals surface area contributed by atoms with Crippen LogP contribution in [0.3, 0.4) is 0 Å². The van der Waals surface area contributed by atoms with Crippen molar-refractivity contribution in [2.45, 2.75) is 174 Å². The summed E-state index contributed by atoms with van der Waals surface area (Å²) < 4.78 is 0. The molecule has 0 radical (unpaired) electrons. The summed E-state index contributed by atoms with van der Waals surface area (Å²) in [7, 11) is 0. The van der Waals surface area contributed by atoms with E-state index in [0.29, 0.717) is 0 Å². The maximum atomic E-state index is 7.57. The molecule has 0 atom stereocenters. The zero-order chi connectivity index (χ0) is 23.4. The summed E-state index contributed by atoms with van der Waals surface area (Å²) in [6, 6.07) is 0. The minimum Gasteiger partial charge on any atom is -0.397 e. The van der Waals surface area contributed by atoms with Gasteiger partial charge in [0.05, 0.1) is 0 Å². The summed E-state index contributed by atoms with van der Waals surface area (Å²) in [6.45, 7) is 1.93. The van der Waals surface area contributed by atoms with Gasteiger partial charge >= 0.3 is 0 Å². The zero-order valence-electron chi connectivity index (χ0n) is 22.8. The molecule has 0 spiro atoms. The van der Waals surface area contributed by atoms with E-state index in [4.69, 9.17) is 5.11 Å². The predicted molar refractivity (Wildman–Crippen MR) is 147 cm³/mol. The molecule has 5 aliphatic carbocycles. The Labute approximate surface area is 209 Å². The Hall–Kier alpha value is -0.0400. The van der Waals surface area contributed by atoms with Crippen molar-refractivity contribution in [1.29, 1.82) is 0 Å². The second-order valence-corrected chi connectivity index (χ2v) is 12.0. The van der Waals surface area contributed by atoms with Crippen LogP contribution in [0, 0.1) is 23.7 Å². The minimum atomic E-state index is 0.250. The number of rotatable bonds is 2. The van der Waals surface area contributed by atoms with Crippen molar-refractivity contribution in [3.05, 3.63) is 0 Å². The van der Waals surface area contributed by atoms with E-state index in [0.717, 1.165) is 23.7 Å². The standard InChI is InChI=1S/2C12H22.C6H12.C2H6O/c2*1-3-7-11(8-4-1)12-9-5-2-6-10-12;1-2-4-6-5-3-1;1-2-3/h2*11-12H,1-10H2;1-6H2;3H,2H2,1H3. The molecule has 196 valence electrons. The van der Waals surface area contributed by atoms with Crippen LogP contribution in [0.2, 0.25) is 0 Å². The van der Waals surface area contributed by atoms with E-state index in [2.05, 4.69) is 0 Å².